The van der Waals surface area contributed by atoms with E-state index in [1.54, 1.807) is 0 Å². The Kier molecular flexibility index (Phi) is 4.23. The number of hydrogen-bond donors (Lipinski definition) is 2. The summed E-state index contributed by atoms with van der Waals surface area (Å²) >= 11 is 1.30. The van der Waals surface area contributed by atoms with Crippen LogP contribution >= 0.6 is 11.3 Å². The van der Waals surface area contributed by atoms with E-state index in [2.05, 4.69) is 22.4 Å². The van der Waals surface area contributed by atoms with Crippen molar-refractivity contribution in [2.45, 2.75) is 46.6 Å². The molecule has 2 rings (SSSR count). The fourth-order valence-corrected chi connectivity index (χ4v) is 3.21. The van der Waals surface area contributed by atoms with E-state index in [4.69, 9.17) is 5.73 Å². The number of nitrogens with two attached hydrogens (primary N) is 1. The van der Waals surface area contributed by atoms with Gasteiger partial charge >= 0.3 is 0 Å². The van der Waals surface area contributed by atoms with Crippen LogP contribution in [-0.2, 0) is 0 Å². The number of hydrogen-bond acceptors (Lipinski definition) is 5. The predicted molar refractivity (Wildman–Crippen MR) is 83.1 cm³/mol. The van der Waals surface area contributed by atoms with Gasteiger partial charge in [-0.05, 0) is 32.8 Å². The molecule has 2 aromatic rings. The van der Waals surface area contributed by atoms with E-state index in [0.29, 0.717) is 10.6 Å². The first kappa shape index (κ1) is 14.7. The lowest BCUT2D eigenvalue weighted by Crippen LogP contribution is -2.32. The summed E-state index contributed by atoms with van der Waals surface area (Å²) in [7, 11) is 0. The van der Waals surface area contributed by atoms with E-state index in [1.807, 2.05) is 20.8 Å². The number of aromatic nitrogens is 2. The van der Waals surface area contributed by atoms with Crippen molar-refractivity contribution in [1.82, 2.24) is 15.5 Å². The molecule has 3 N–H and O–H groups in total. The lowest BCUT2D eigenvalue weighted by Gasteiger charge is -2.12. The fraction of sp³-hybridized carbons (Fsp3) is 0.500. The minimum atomic E-state index is -0.122. The third-order valence-corrected chi connectivity index (χ3v) is 4.53. The van der Waals surface area contributed by atoms with E-state index in [1.165, 1.54) is 11.3 Å². The molecule has 0 aliphatic heterocycles. The summed E-state index contributed by atoms with van der Waals surface area (Å²) in [4.78, 5) is 13.5. The van der Waals surface area contributed by atoms with Gasteiger partial charge in [0.15, 0.2) is 0 Å². The molecule has 6 heteroatoms. The summed E-state index contributed by atoms with van der Waals surface area (Å²) in [6, 6.07) is 0.144. The summed E-state index contributed by atoms with van der Waals surface area (Å²) in [6.45, 7) is 7.94. The number of fused-ring (bicyclic) bond motifs is 1. The van der Waals surface area contributed by atoms with E-state index >= 15 is 0 Å². The Bertz CT molecular complexity index is 650. The van der Waals surface area contributed by atoms with Gasteiger partial charge in [0, 0.05) is 11.4 Å². The lowest BCUT2D eigenvalue weighted by molar-refractivity contribution is 0.0943. The molecule has 0 fully saturated rings. The van der Waals surface area contributed by atoms with Crippen LogP contribution in [0.15, 0.2) is 0 Å². The molecule has 2 aromatic heterocycles. The zero-order chi connectivity index (χ0) is 14.9. The number of carbonyl (C=O) groups excluding carboxylic acids is 1. The molecule has 1 amide bonds. The molecule has 0 aliphatic rings. The highest BCUT2D eigenvalue weighted by Gasteiger charge is 2.20. The zero-order valence-corrected chi connectivity index (χ0v) is 13.1. The summed E-state index contributed by atoms with van der Waals surface area (Å²) in [5.41, 5.74) is 8.49. The van der Waals surface area contributed by atoms with Gasteiger partial charge in [-0.1, -0.05) is 13.3 Å². The Balaban J connectivity index is 2.38. The van der Waals surface area contributed by atoms with Gasteiger partial charge in [0.25, 0.3) is 5.91 Å². The quantitative estimate of drug-likeness (QED) is 0.908. The van der Waals surface area contributed by atoms with Crippen molar-refractivity contribution >= 4 is 33.1 Å². The molecule has 1 atom stereocenters. The first-order chi connectivity index (χ1) is 9.45. The number of nitrogens with zero attached hydrogens (tertiary/aromatic N) is 2. The maximum Gasteiger partial charge on any atom is 0.263 e. The number of amides is 1. The monoisotopic (exact) mass is 292 g/mol. The second kappa shape index (κ2) is 5.75. The van der Waals surface area contributed by atoms with Crippen LogP contribution in [0.25, 0.3) is 10.2 Å². The van der Waals surface area contributed by atoms with Crippen LogP contribution in [-0.4, -0.2) is 22.1 Å². The summed E-state index contributed by atoms with van der Waals surface area (Å²) in [5, 5.41) is 12.0. The lowest BCUT2D eigenvalue weighted by atomic mass is 10.1. The molecule has 2 heterocycles. The SMILES string of the molecule is CCCC(C)NC(=O)c1sc2nnc(C)c(C)c2c1N. The molecule has 0 aliphatic carbocycles. The van der Waals surface area contributed by atoms with Crippen LogP contribution in [0.3, 0.4) is 0 Å². The highest BCUT2D eigenvalue weighted by atomic mass is 32.1. The molecule has 0 spiro atoms. The fourth-order valence-electron chi connectivity index (χ4n) is 2.20. The van der Waals surface area contributed by atoms with Crippen LogP contribution in [0.4, 0.5) is 5.69 Å². The summed E-state index contributed by atoms with van der Waals surface area (Å²) in [6.07, 6.45) is 1.99. The third kappa shape index (κ3) is 2.60. The molecule has 0 saturated carbocycles. The van der Waals surface area contributed by atoms with E-state index in [0.717, 1.165) is 34.3 Å². The predicted octanol–water partition coefficient (Wildman–Crippen LogP) is 2.81. The number of thiophene rings is 1. The smallest absolute Gasteiger partial charge is 0.263 e. The first-order valence-corrected chi connectivity index (χ1v) is 7.60. The Hall–Kier alpha value is -1.69. The van der Waals surface area contributed by atoms with Gasteiger partial charge in [-0.2, -0.15) is 5.10 Å². The highest BCUT2D eigenvalue weighted by Crippen LogP contribution is 2.34. The number of nitrogens with one attached hydrogen (secondary N) is 1. The minimum absolute atomic E-state index is 0.122. The van der Waals surface area contributed by atoms with Crippen molar-refractivity contribution in [1.29, 1.82) is 0 Å². The average Bonchev–Trinajstić information content (AvgIpc) is 2.72. The van der Waals surface area contributed by atoms with Crippen LogP contribution in [0, 0.1) is 13.8 Å². The van der Waals surface area contributed by atoms with Crippen molar-refractivity contribution in [3.8, 4) is 0 Å². The number of carbonyl (C=O) groups is 1. The van der Waals surface area contributed by atoms with Crippen LogP contribution in [0.5, 0.6) is 0 Å². The van der Waals surface area contributed by atoms with E-state index in [9.17, 15) is 4.79 Å². The molecule has 0 aromatic carbocycles. The Morgan fingerprint density at radius 3 is 2.75 bits per heavy atom. The van der Waals surface area contributed by atoms with Crippen molar-refractivity contribution in [3.63, 3.8) is 0 Å². The van der Waals surface area contributed by atoms with Crippen LogP contribution in [0.1, 0.15) is 47.6 Å². The molecule has 0 bridgehead atoms. The maximum absolute atomic E-state index is 12.3. The van der Waals surface area contributed by atoms with Crippen molar-refractivity contribution in [2.75, 3.05) is 5.73 Å². The van der Waals surface area contributed by atoms with E-state index in [-0.39, 0.29) is 11.9 Å². The molecule has 20 heavy (non-hydrogen) atoms. The number of aryl methyl sites for hydroxylation is 2. The molecule has 5 nitrogen and oxygen atoms in total. The van der Waals surface area contributed by atoms with Crippen molar-refractivity contribution < 1.29 is 4.79 Å². The van der Waals surface area contributed by atoms with Gasteiger partial charge in [-0.15, -0.1) is 16.4 Å². The second-order valence-electron chi connectivity index (χ2n) is 5.10. The molecule has 1 unspecified atom stereocenters. The van der Waals surface area contributed by atoms with Crippen LogP contribution < -0.4 is 11.1 Å². The Labute approximate surface area is 122 Å². The van der Waals surface area contributed by atoms with Crippen molar-refractivity contribution in [2.24, 2.45) is 0 Å². The molecule has 0 radical (unpaired) electrons. The minimum Gasteiger partial charge on any atom is -0.397 e. The van der Waals surface area contributed by atoms with Gasteiger partial charge in [-0.3, -0.25) is 4.79 Å². The molecular formula is C14H20N4OS. The number of anilines is 1. The second-order valence-corrected chi connectivity index (χ2v) is 6.10. The Morgan fingerprint density at radius 1 is 1.40 bits per heavy atom. The first-order valence-electron chi connectivity index (χ1n) is 6.78. The summed E-state index contributed by atoms with van der Waals surface area (Å²) in [5.74, 6) is -0.122. The van der Waals surface area contributed by atoms with Gasteiger partial charge < -0.3 is 11.1 Å². The van der Waals surface area contributed by atoms with E-state index < -0.39 is 0 Å². The van der Waals surface area contributed by atoms with Crippen LogP contribution in [0.2, 0.25) is 0 Å². The molecular weight excluding hydrogens is 272 g/mol. The largest absolute Gasteiger partial charge is 0.397 e. The topological polar surface area (TPSA) is 80.9 Å². The van der Waals surface area contributed by atoms with Gasteiger partial charge in [0.1, 0.15) is 9.71 Å². The third-order valence-electron chi connectivity index (χ3n) is 3.44. The highest BCUT2D eigenvalue weighted by molar-refractivity contribution is 7.21. The number of nitrogen functional groups attached to an aromatic ring is 1. The van der Waals surface area contributed by atoms with Gasteiger partial charge in [0.05, 0.1) is 11.4 Å². The van der Waals surface area contributed by atoms with Gasteiger partial charge in [0.2, 0.25) is 0 Å². The van der Waals surface area contributed by atoms with Gasteiger partial charge in [-0.25, -0.2) is 0 Å². The number of rotatable bonds is 4. The molecule has 108 valence electrons. The molecule has 0 saturated heterocycles. The van der Waals surface area contributed by atoms with Crippen molar-refractivity contribution in [3.05, 3.63) is 16.1 Å². The average molecular weight is 292 g/mol. The Morgan fingerprint density at radius 2 is 2.10 bits per heavy atom. The maximum atomic E-state index is 12.3. The standard InChI is InChI=1S/C14H20N4OS/c1-5-6-7(2)16-13(19)12-11(15)10-8(3)9(4)17-18-14(10)20-12/h7H,5-6,15H2,1-4H3,(H,16,19). The zero-order valence-electron chi connectivity index (χ0n) is 12.3. The normalized spacial score (nSPS) is 12.6. The summed E-state index contributed by atoms with van der Waals surface area (Å²) < 4.78 is 0.